The maximum absolute atomic E-state index is 4.65. The first-order valence-electron chi connectivity index (χ1n) is 7.66. The van der Waals surface area contributed by atoms with Gasteiger partial charge in [0.25, 0.3) is 0 Å². The lowest BCUT2D eigenvalue weighted by Crippen LogP contribution is -2.18. The largest absolute Gasteiger partial charge is 0.311 e. The molecule has 21 heavy (non-hydrogen) atoms. The molecule has 0 saturated carbocycles. The minimum atomic E-state index is 0.748. The molecule has 2 rings (SSSR count). The van der Waals surface area contributed by atoms with E-state index in [0.29, 0.717) is 0 Å². The molecule has 0 radical (unpaired) electrons. The van der Waals surface area contributed by atoms with Crippen LogP contribution in [0.5, 0.6) is 0 Å². The smallest absolute Gasteiger partial charge is 0.0843 e. The van der Waals surface area contributed by atoms with Crippen molar-refractivity contribution in [3.05, 3.63) is 33.8 Å². The summed E-state index contributed by atoms with van der Waals surface area (Å²) in [6.45, 7) is 9.93. The van der Waals surface area contributed by atoms with Crippen LogP contribution in [0.2, 0.25) is 0 Å². The fourth-order valence-electron chi connectivity index (χ4n) is 2.36. The molecule has 0 saturated heterocycles. The Morgan fingerprint density at radius 1 is 1.24 bits per heavy atom. The van der Waals surface area contributed by atoms with E-state index in [0.717, 1.165) is 49.2 Å². The van der Waals surface area contributed by atoms with Gasteiger partial charge in [-0.3, -0.25) is 9.36 Å². The van der Waals surface area contributed by atoms with Gasteiger partial charge >= 0.3 is 0 Å². The Morgan fingerprint density at radius 3 is 2.71 bits per heavy atom. The maximum Gasteiger partial charge on any atom is 0.0843 e. The third kappa shape index (κ3) is 3.74. The van der Waals surface area contributed by atoms with Gasteiger partial charge in [-0.15, -0.1) is 0 Å². The first-order valence-corrected chi connectivity index (χ1v) is 8.45. The van der Waals surface area contributed by atoms with Crippen molar-refractivity contribution in [2.24, 2.45) is 0 Å². The molecule has 2 aromatic rings. The van der Waals surface area contributed by atoms with Crippen molar-refractivity contribution in [3.8, 4) is 0 Å². The lowest BCUT2D eigenvalue weighted by Gasteiger charge is -2.10. The van der Waals surface area contributed by atoms with Crippen molar-refractivity contribution in [1.29, 1.82) is 0 Å². The van der Waals surface area contributed by atoms with Crippen LogP contribution < -0.4 is 5.32 Å². The van der Waals surface area contributed by atoms with Crippen LogP contribution in [-0.2, 0) is 26.1 Å². The van der Waals surface area contributed by atoms with Crippen molar-refractivity contribution in [2.75, 3.05) is 6.54 Å². The molecule has 0 atom stereocenters. The Kier molecular flexibility index (Phi) is 5.99. The summed E-state index contributed by atoms with van der Waals surface area (Å²) in [5, 5.41) is 12.5. The first-order chi connectivity index (χ1) is 10.2. The average molecular weight is 354 g/mol. The predicted molar refractivity (Wildman–Crippen MR) is 88.3 cm³/mol. The quantitative estimate of drug-likeness (QED) is 0.742. The van der Waals surface area contributed by atoms with Gasteiger partial charge in [-0.2, -0.15) is 10.2 Å². The number of nitrogens with zero attached hydrogens (tertiary/aromatic N) is 4. The second kappa shape index (κ2) is 7.75. The normalized spacial score (nSPS) is 11.2. The van der Waals surface area contributed by atoms with Gasteiger partial charge in [0.15, 0.2) is 0 Å². The summed E-state index contributed by atoms with van der Waals surface area (Å²) in [4.78, 5) is 0. The molecule has 2 heterocycles. The molecule has 6 heteroatoms. The number of hydrogen-bond acceptors (Lipinski definition) is 3. The summed E-state index contributed by atoms with van der Waals surface area (Å²) in [7, 11) is 0. The highest BCUT2D eigenvalue weighted by Gasteiger charge is 2.15. The van der Waals surface area contributed by atoms with Gasteiger partial charge in [0.2, 0.25) is 0 Å². The number of nitrogens with one attached hydrogen (secondary N) is 1. The Morgan fingerprint density at radius 2 is 2.05 bits per heavy atom. The fraction of sp³-hybridized carbons (Fsp3) is 0.600. The van der Waals surface area contributed by atoms with Gasteiger partial charge in [0.05, 0.1) is 28.1 Å². The van der Waals surface area contributed by atoms with Crippen LogP contribution in [0.4, 0.5) is 0 Å². The van der Waals surface area contributed by atoms with E-state index in [9.17, 15) is 0 Å². The van der Waals surface area contributed by atoms with Crippen LogP contribution in [0.3, 0.4) is 0 Å². The lowest BCUT2D eigenvalue weighted by atomic mass is 10.3. The molecule has 0 bridgehead atoms. The third-order valence-corrected chi connectivity index (χ3v) is 4.45. The van der Waals surface area contributed by atoms with Crippen LogP contribution in [-0.4, -0.2) is 26.1 Å². The van der Waals surface area contributed by atoms with Crippen LogP contribution in [0, 0.1) is 0 Å². The Hall–Kier alpha value is -1.14. The van der Waals surface area contributed by atoms with E-state index in [1.807, 2.05) is 6.20 Å². The van der Waals surface area contributed by atoms with E-state index in [2.05, 4.69) is 67.6 Å². The van der Waals surface area contributed by atoms with E-state index < -0.39 is 0 Å². The standard InChI is InChI=1S/C15H24BrN5/c1-4-8-17-10-12-7-9-18-21(12)11-14-15(16)13(5-2)19-20(14)6-3/h7,9,17H,4-6,8,10-11H2,1-3H3. The molecule has 0 unspecified atom stereocenters. The zero-order chi connectivity index (χ0) is 15.2. The van der Waals surface area contributed by atoms with Gasteiger partial charge in [0, 0.05) is 19.3 Å². The van der Waals surface area contributed by atoms with E-state index in [-0.39, 0.29) is 0 Å². The highest BCUT2D eigenvalue weighted by molar-refractivity contribution is 9.10. The molecule has 2 aromatic heterocycles. The second-order valence-corrected chi connectivity index (χ2v) is 5.83. The molecular formula is C15H24BrN5. The summed E-state index contributed by atoms with van der Waals surface area (Å²) in [5.74, 6) is 0. The number of hydrogen-bond donors (Lipinski definition) is 1. The number of aryl methyl sites for hydroxylation is 2. The summed E-state index contributed by atoms with van der Waals surface area (Å²) in [5.41, 5.74) is 3.51. The Bertz CT molecular complexity index is 573. The first kappa shape index (κ1) is 16.2. The highest BCUT2D eigenvalue weighted by atomic mass is 79.9. The molecule has 0 aliphatic carbocycles. The molecule has 5 nitrogen and oxygen atoms in total. The van der Waals surface area contributed by atoms with Crippen molar-refractivity contribution >= 4 is 15.9 Å². The molecule has 116 valence electrons. The van der Waals surface area contributed by atoms with Crippen molar-refractivity contribution in [1.82, 2.24) is 24.9 Å². The van der Waals surface area contributed by atoms with Crippen LogP contribution in [0.1, 0.15) is 44.3 Å². The molecule has 0 amide bonds. The molecule has 0 aliphatic rings. The molecule has 1 N–H and O–H groups in total. The van der Waals surface area contributed by atoms with Gasteiger partial charge in [0.1, 0.15) is 0 Å². The Labute approximate surface area is 134 Å². The second-order valence-electron chi connectivity index (χ2n) is 5.03. The fourth-order valence-corrected chi connectivity index (χ4v) is 3.05. The predicted octanol–water partition coefficient (Wildman–Crippen LogP) is 2.97. The molecule has 0 spiro atoms. The van der Waals surface area contributed by atoms with Gasteiger partial charge in [-0.1, -0.05) is 13.8 Å². The van der Waals surface area contributed by atoms with Gasteiger partial charge < -0.3 is 5.32 Å². The van der Waals surface area contributed by atoms with Crippen molar-refractivity contribution in [2.45, 2.75) is 53.2 Å². The monoisotopic (exact) mass is 353 g/mol. The lowest BCUT2D eigenvalue weighted by molar-refractivity contribution is 0.546. The minimum absolute atomic E-state index is 0.748. The average Bonchev–Trinajstić information content (AvgIpc) is 3.05. The number of aromatic nitrogens is 4. The summed E-state index contributed by atoms with van der Waals surface area (Å²) >= 11 is 3.70. The maximum atomic E-state index is 4.65. The number of rotatable bonds is 8. The topological polar surface area (TPSA) is 47.7 Å². The third-order valence-electron chi connectivity index (χ3n) is 3.53. The van der Waals surface area contributed by atoms with Crippen molar-refractivity contribution < 1.29 is 0 Å². The molecule has 0 fully saturated rings. The van der Waals surface area contributed by atoms with Gasteiger partial charge in [-0.05, 0) is 48.3 Å². The van der Waals surface area contributed by atoms with Crippen LogP contribution in [0.15, 0.2) is 16.7 Å². The molecule has 0 aromatic carbocycles. The summed E-state index contributed by atoms with van der Waals surface area (Å²) in [6.07, 6.45) is 3.94. The Balaban J connectivity index is 2.18. The van der Waals surface area contributed by atoms with E-state index in [4.69, 9.17) is 0 Å². The minimum Gasteiger partial charge on any atom is -0.311 e. The zero-order valence-electron chi connectivity index (χ0n) is 13.1. The van der Waals surface area contributed by atoms with Gasteiger partial charge in [-0.25, -0.2) is 0 Å². The van der Waals surface area contributed by atoms with E-state index in [1.54, 1.807) is 0 Å². The summed E-state index contributed by atoms with van der Waals surface area (Å²) < 4.78 is 5.24. The number of halogens is 1. The van der Waals surface area contributed by atoms with E-state index >= 15 is 0 Å². The zero-order valence-corrected chi connectivity index (χ0v) is 14.7. The molecule has 0 aliphatic heterocycles. The van der Waals surface area contributed by atoms with Crippen LogP contribution in [0.25, 0.3) is 0 Å². The van der Waals surface area contributed by atoms with E-state index in [1.165, 1.54) is 11.4 Å². The summed E-state index contributed by atoms with van der Waals surface area (Å²) in [6, 6.07) is 2.07. The SMILES string of the molecule is CCCNCc1ccnn1Cc1c(Br)c(CC)nn1CC. The van der Waals surface area contributed by atoms with Crippen molar-refractivity contribution in [3.63, 3.8) is 0 Å². The highest BCUT2D eigenvalue weighted by Crippen LogP contribution is 2.23. The van der Waals surface area contributed by atoms with Crippen LogP contribution >= 0.6 is 15.9 Å². The molecular weight excluding hydrogens is 330 g/mol.